The van der Waals surface area contributed by atoms with Gasteiger partial charge in [0.1, 0.15) is 5.60 Å². The summed E-state index contributed by atoms with van der Waals surface area (Å²) in [7, 11) is 0. The highest BCUT2D eigenvalue weighted by molar-refractivity contribution is 7.13. The van der Waals surface area contributed by atoms with Crippen molar-refractivity contribution in [2.75, 3.05) is 11.9 Å². The lowest BCUT2D eigenvalue weighted by atomic mass is 10.0. The standard InChI is InChI=1S/C21H29N3O3S/c1-15(25)23-19-24-18(14-28-19)7-5-6-16-8-10-17(11-9-16)12-13-22-20(26)27-21(2,3)4/h8-11,14H,5-7,12-13H2,1-4H3,(H,22,26)(H,23,24,25). The van der Waals surface area contributed by atoms with Crippen LogP contribution in [-0.2, 0) is 28.8 Å². The molecule has 6 nitrogen and oxygen atoms in total. The molecular weight excluding hydrogens is 374 g/mol. The minimum atomic E-state index is -0.476. The van der Waals surface area contributed by atoms with Gasteiger partial charge in [0.15, 0.2) is 5.13 Å². The molecule has 2 N–H and O–H groups in total. The molecule has 1 aromatic heterocycles. The minimum absolute atomic E-state index is 0.0951. The van der Waals surface area contributed by atoms with Gasteiger partial charge in [-0.2, -0.15) is 0 Å². The Bertz CT molecular complexity index is 779. The second-order valence-corrected chi connectivity index (χ2v) is 8.53. The number of carbonyl (C=O) groups excluding carboxylic acids is 2. The lowest BCUT2D eigenvalue weighted by molar-refractivity contribution is -0.114. The highest BCUT2D eigenvalue weighted by Gasteiger charge is 2.15. The lowest BCUT2D eigenvalue weighted by Crippen LogP contribution is -2.33. The molecule has 7 heteroatoms. The molecule has 28 heavy (non-hydrogen) atoms. The van der Waals surface area contributed by atoms with Crippen LogP contribution in [0.3, 0.4) is 0 Å². The van der Waals surface area contributed by atoms with E-state index in [9.17, 15) is 9.59 Å². The average molecular weight is 404 g/mol. The smallest absolute Gasteiger partial charge is 0.407 e. The van der Waals surface area contributed by atoms with Gasteiger partial charge in [0, 0.05) is 18.8 Å². The number of rotatable bonds is 8. The molecule has 152 valence electrons. The number of alkyl carbamates (subject to hydrolysis) is 1. The van der Waals surface area contributed by atoms with Crippen molar-refractivity contribution in [3.63, 3.8) is 0 Å². The second-order valence-electron chi connectivity index (χ2n) is 7.67. The van der Waals surface area contributed by atoms with Crippen LogP contribution in [0.15, 0.2) is 29.6 Å². The Labute approximate surface area is 170 Å². The van der Waals surface area contributed by atoms with Crippen molar-refractivity contribution >= 4 is 28.5 Å². The first-order valence-corrected chi connectivity index (χ1v) is 10.4. The third-order valence-corrected chi connectivity index (χ3v) is 4.64. The van der Waals surface area contributed by atoms with Gasteiger partial charge in [-0.1, -0.05) is 24.3 Å². The van der Waals surface area contributed by atoms with Crippen LogP contribution in [0.25, 0.3) is 0 Å². The van der Waals surface area contributed by atoms with E-state index in [2.05, 4.69) is 39.9 Å². The lowest BCUT2D eigenvalue weighted by Gasteiger charge is -2.19. The zero-order chi connectivity index (χ0) is 20.6. The SMILES string of the molecule is CC(=O)Nc1nc(CCCc2ccc(CCNC(=O)OC(C)(C)C)cc2)cs1. The Hall–Kier alpha value is -2.41. The Morgan fingerprint density at radius 1 is 1.07 bits per heavy atom. The van der Waals surface area contributed by atoms with Crippen molar-refractivity contribution in [2.45, 2.75) is 59.0 Å². The highest BCUT2D eigenvalue weighted by Crippen LogP contribution is 2.17. The van der Waals surface area contributed by atoms with E-state index in [1.165, 1.54) is 29.4 Å². The Morgan fingerprint density at radius 2 is 1.71 bits per heavy atom. The molecule has 0 bridgehead atoms. The molecule has 0 aliphatic heterocycles. The summed E-state index contributed by atoms with van der Waals surface area (Å²) in [6.45, 7) is 7.58. The molecule has 0 spiro atoms. The monoisotopic (exact) mass is 403 g/mol. The first-order chi connectivity index (χ1) is 13.2. The van der Waals surface area contributed by atoms with Gasteiger partial charge in [-0.25, -0.2) is 9.78 Å². The molecule has 0 atom stereocenters. The molecule has 0 aliphatic carbocycles. The van der Waals surface area contributed by atoms with Gasteiger partial charge in [-0.3, -0.25) is 4.79 Å². The zero-order valence-electron chi connectivity index (χ0n) is 17.0. The number of nitrogens with one attached hydrogen (secondary N) is 2. The molecule has 2 aromatic rings. The average Bonchev–Trinajstić information content (AvgIpc) is 3.01. The number of hydrogen-bond acceptors (Lipinski definition) is 5. The molecular formula is C21H29N3O3S. The van der Waals surface area contributed by atoms with Crippen molar-refractivity contribution < 1.29 is 14.3 Å². The van der Waals surface area contributed by atoms with Crippen LogP contribution in [0.5, 0.6) is 0 Å². The summed E-state index contributed by atoms with van der Waals surface area (Å²) in [6, 6.07) is 8.47. The van der Waals surface area contributed by atoms with E-state index in [1.807, 2.05) is 26.2 Å². The molecule has 2 rings (SSSR count). The van der Waals surface area contributed by atoms with Crippen LogP contribution in [0.4, 0.5) is 9.93 Å². The zero-order valence-corrected chi connectivity index (χ0v) is 17.8. The van der Waals surface area contributed by atoms with E-state index in [1.54, 1.807) is 0 Å². The Kier molecular flexibility index (Phi) is 7.99. The summed E-state index contributed by atoms with van der Waals surface area (Å²) >= 11 is 1.46. The first kappa shape index (κ1) is 21.9. The highest BCUT2D eigenvalue weighted by atomic mass is 32.1. The van der Waals surface area contributed by atoms with Gasteiger partial charge in [0.05, 0.1) is 5.69 Å². The first-order valence-electron chi connectivity index (χ1n) is 9.48. The summed E-state index contributed by atoms with van der Waals surface area (Å²) in [5.74, 6) is -0.0951. The van der Waals surface area contributed by atoms with Crippen LogP contribution in [-0.4, -0.2) is 29.1 Å². The second kappa shape index (κ2) is 10.2. The van der Waals surface area contributed by atoms with Crippen LogP contribution in [0, 0.1) is 0 Å². The maximum Gasteiger partial charge on any atom is 0.407 e. The van der Waals surface area contributed by atoms with Crippen molar-refractivity contribution in [1.29, 1.82) is 0 Å². The third-order valence-electron chi connectivity index (χ3n) is 3.84. The Morgan fingerprint density at radius 3 is 2.32 bits per heavy atom. The molecule has 0 unspecified atom stereocenters. The van der Waals surface area contributed by atoms with E-state index in [0.717, 1.165) is 31.4 Å². The van der Waals surface area contributed by atoms with E-state index in [0.29, 0.717) is 11.7 Å². The van der Waals surface area contributed by atoms with Gasteiger partial charge < -0.3 is 15.4 Å². The van der Waals surface area contributed by atoms with E-state index >= 15 is 0 Å². The van der Waals surface area contributed by atoms with Crippen LogP contribution < -0.4 is 10.6 Å². The topological polar surface area (TPSA) is 80.3 Å². The fourth-order valence-electron chi connectivity index (χ4n) is 2.60. The maximum atomic E-state index is 11.6. The number of thiazole rings is 1. The van der Waals surface area contributed by atoms with Crippen LogP contribution in [0.2, 0.25) is 0 Å². The van der Waals surface area contributed by atoms with Crippen LogP contribution >= 0.6 is 11.3 Å². The number of amides is 2. The van der Waals surface area contributed by atoms with E-state index in [-0.39, 0.29) is 12.0 Å². The number of nitrogens with zero attached hydrogens (tertiary/aromatic N) is 1. The molecule has 0 radical (unpaired) electrons. The fraction of sp³-hybridized carbons (Fsp3) is 0.476. The molecule has 0 saturated carbocycles. The summed E-state index contributed by atoms with van der Waals surface area (Å²) in [4.78, 5) is 27.1. The number of carbonyl (C=O) groups is 2. The number of anilines is 1. The molecule has 0 saturated heterocycles. The predicted octanol–water partition coefficient (Wildman–Crippen LogP) is 4.34. The summed E-state index contributed by atoms with van der Waals surface area (Å²) in [5, 5.41) is 8.13. The predicted molar refractivity (Wildman–Crippen MR) is 113 cm³/mol. The normalized spacial score (nSPS) is 11.1. The van der Waals surface area contributed by atoms with Crippen LogP contribution in [0.1, 0.15) is 50.9 Å². The van der Waals surface area contributed by atoms with Crippen molar-refractivity contribution in [1.82, 2.24) is 10.3 Å². The number of ether oxygens (including phenoxy) is 1. The number of aryl methyl sites for hydroxylation is 2. The van der Waals surface area contributed by atoms with Gasteiger partial charge in [0.2, 0.25) is 5.91 Å². The fourth-order valence-corrected chi connectivity index (χ4v) is 3.39. The van der Waals surface area contributed by atoms with Crippen molar-refractivity contribution in [3.8, 4) is 0 Å². The minimum Gasteiger partial charge on any atom is -0.444 e. The molecule has 2 amide bonds. The number of hydrogen-bond donors (Lipinski definition) is 2. The van der Waals surface area contributed by atoms with Gasteiger partial charge >= 0.3 is 6.09 Å². The maximum absolute atomic E-state index is 11.6. The molecule has 1 heterocycles. The van der Waals surface area contributed by atoms with E-state index in [4.69, 9.17) is 4.74 Å². The van der Waals surface area contributed by atoms with Gasteiger partial charge in [0.25, 0.3) is 0 Å². The van der Waals surface area contributed by atoms with Crippen molar-refractivity contribution in [3.05, 3.63) is 46.5 Å². The summed E-state index contributed by atoms with van der Waals surface area (Å²) in [6.07, 6.45) is 3.25. The van der Waals surface area contributed by atoms with E-state index < -0.39 is 5.60 Å². The summed E-state index contributed by atoms with van der Waals surface area (Å²) in [5.41, 5.74) is 2.99. The van der Waals surface area contributed by atoms with Crippen molar-refractivity contribution in [2.24, 2.45) is 0 Å². The van der Waals surface area contributed by atoms with Gasteiger partial charge in [-0.05, 0) is 57.6 Å². The molecule has 0 fully saturated rings. The number of benzene rings is 1. The Balaban J connectivity index is 1.69. The molecule has 1 aromatic carbocycles. The molecule has 0 aliphatic rings. The third kappa shape index (κ3) is 8.52. The quantitative estimate of drug-likeness (QED) is 0.687. The number of aromatic nitrogens is 1. The van der Waals surface area contributed by atoms with Gasteiger partial charge in [-0.15, -0.1) is 11.3 Å². The largest absolute Gasteiger partial charge is 0.444 e. The summed E-state index contributed by atoms with van der Waals surface area (Å²) < 4.78 is 5.22.